The van der Waals surface area contributed by atoms with Gasteiger partial charge in [-0.25, -0.2) is 0 Å². The van der Waals surface area contributed by atoms with E-state index < -0.39 is 6.29 Å². The van der Waals surface area contributed by atoms with Crippen LogP contribution in [0.1, 0.15) is 54.5 Å². The molecule has 2 aliphatic rings. The first-order valence-electron chi connectivity index (χ1n) is 14.0. The normalized spacial score (nSPS) is 21.0. The minimum atomic E-state index is -1.51. The summed E-state index contributed by atoms with van der Waals surface area (Å²) in [6.45, 7) is 6.83. The molecule has 3 atom stereocenters. The zero-order chi connectivity index (χ0) is 28.8. The van der Waals surface area contributed by atoms with Crippen LogP contribution in [0.5, 0.6) is 5.75 Å². The number of ether oxygens (including phenoxy) is 1. The number of carbonyl (C=O) groups is 2. The Morgan fingerprint density at radius 1 is 1.18 bits per heavy atom. The van der Waals surface area contributed by atoms with E-state index in [9.17, 15) is 24.9 Å². The van der Waals surface area contributed by atoms with Gasteiger partial charge in [0.15, 0.2) is 12.0 Å². The quantitative estimate of drug-likeness (QED) is 0.297. The molecule has 0 aromatic heterocycles. The number of benzene rings is 2. The van der Waals surface area contributed by atoms with Crippen LogP contribution in [0.15, 0.2) is 42.5 Å². The summed E-state index contributed by atoms with van der Waals surface area (Å²) in [5, 5.41) is 35.0. The molecule has 10 heteroatoms. The van der Waals surface area contributed by atoms with Crippen LogP contribution in [0.2, 0.25) is 0 Å². The number of para-hydroxylation sites is 1. The molecule has 2 aromatic carbocycles. The number of amides is 2. The van der Waals surface area contributed by atoms with E-state index in [1.165, 1.54) is 0 Å². The number of fused-ring (bicyclic) bond motifs is 1. The molecule has 218 valence electrons. The van der Waals surface area contributed by atoms with Crippen molar-refractivity contribution in [1.29, 1.82) is 0 Å². The number of aliphatic hydroxyl groups is 3. The predicted molar refractivity (Wildman–Crippen MR) is 152 cm³/mol. The third kappa shape index (κ3) is 7.18. The largest absolute Gasteiger partial charge is 0.486 e. The van der Waals surface area contributed by atoms with Gasteiger partial charge in [0.25, 0.3) is 5.91 Å². The first kappa shape index (κ1) is 30.0. The van der Waals surface area contributed by atoms with Crippen molar-refractivity contribution in [3.8, 4) is 5.75 Å². The van der Waals surface area contributed by atoms with Gasteiger partial charge in [0, 0.05) is 37.0 Å². The van der Waals surface area contributed by atoms with Crippen LogP contribution in [0.4, 0.5) is 5.69 Å². The van der Waals surface area contributed by atoms with Gasteiger partial charge in [-0.15, -0.1) is 0 Å². The lowest BCUT2D eigenvalue weighted by Gasteiger charge is -2.38. The molecule has 2 heterocycles. The van der Waals surface area contributed by atoms with Crippen LogP contribution in [0.25, 0.3) is 0 Å². The fourth-order valence-electron chi connectivity index (χ4n) is 5.36. The number of hydrogen-bond acceptors (Lipinski definition) is 8. The smallest absolute Gasteiger partial charge is 0.258 e. The number of rotatable bonds is 9. The Kier molecular flexibility index (Phi) is 10.2. The Morgan fingerprint density at radius 2 is 1.88 bits per heavy atom. The van der Waals surface area contributed by atoms with Crippen molar-refractivity contribution in [2.75, 3.05) is 45.2 Å². The van der Waals surface area contributed by atoms with Crippen molar-refractivity contribution in [2.24, 2.45) is 11.8 Å². The maximum Gasteiger partial charge on any atom is 0.258 e. The number of carbonyl (C=O) groups excluding carboxylic acids is 2. The number of nitrogens with zero attached hydrogens (tertiary/aromatic N) is 2. The number of nitrogens with one attached hydrogen (secondary N) is 2. The van der Waals surface area contributed by atoms with Gasteiger partial charge in [0.05, 0.1) is 23.9 Å². The van der Waals surface area contributed by atoms with Gasteiger partial charge < -0.3 is 35.6 Å². The van der Waals surface area contributed by atoms with Gasteiger partial charge >= 0.3 is 0 Å². The van der Waals surface area contributed by atoms with Crippen molar-refractivity contribution >= 4 is 17.5 Å². The Balaban J connectivity index is 1.60. The highest BCUT2D eigenvalue weighted by atomic mass is 16.5. The van der Waals surface area contributed by atoms with Gasteiger partial charge in [0.2, 0.25) is 5.91 Å². The van der Waals surface area contributed by atoms with Crippen LogP contribution in [0.3, 0.4) is 0 Å². The van der Waals surface area contributed by atoms with Gasteiger partial charge in [-0.05, 0) is 57.6 Å². The highest BCUT2D eigenvalue weighted by molar-refractivity contribution is 6.02. The van der Waals surface area contributed by atoms with Crippen LogP contribution < -0.4 is 15.4 Å². The van der Waals surface area contributed by atoms with Crippen molar-refractivity contribution in [3.05, 3.63) is 59.2 Å². The van der Waals surface area contributed by atoms with Crippen LogP contribution in [-0.2, 0) is 11.3 Å². The Labute approximate surface area is 235 Å². The van der Waals surface area contributed by atoms with Crippen molar-refractivity contribution in [1.82, 2.24) is 15.1 Å². The van der Waals surface area contributed by atoms with Gasteiger partial charge in [-0.1, -0.05) is 37.3 Å². The molecule has 2 amide bonds. The van der Waals surface area contributed by atoms with Crippen molar-refractivity contribution < 1.29 is 29.6 Å². The highest BCUT2D eigenvalue weighted by Gasteiger charge is 2.35. The molecule has 0 spiro atoms. The average molecular weight is 555 g/mol. The second-order valence-corrected chi connectivity index (χ2v) is 11.1. The molecule has 1 fully saturated rings. The SMILES string of the molecule is CC1CN(C(C)CO)C(=O)c2cccc(NC(=O)C3CCNCC3)c2OC1CN(C)Cc1ccc(C(O)O)cc1. The molecule has 4 rings (SSSR count). The lowest BCUT2D eigenvalue weighted by Crippen LogP contribution is -2.49. The third-order valence-electron chi connectivity index (χ3n) is 7.88. The zero-order valence-electron chi connectivity index (χ0n) is 23.5. The molecule has 1 saturated heterocycles. The first-order chi connectivity index (χ1) is 19.2. The molecule has 0 aliphatic carbocycles. The second-order valence-electron chi connectivity index (χ2n) is 11.1. The Hall–Kier alpha value is -3.02. The molecular weight excluding hydrogens is 512 g/mol. The number of anilines is 1. The fourth-order valence-corrected chi connectivity index (χ4v) is 5.36. The fraction of sp³-hybridized carbons (Fsp3) is 0.533. The molecule has 5 N–H and O–H groups in total. The van der Waals surface area contributed by atoms with Gasteiger partial charge in [-0.3, -0.25) is 14.5 Å². The third-order valence-corrected chi connectivity index (χ3v) is 7.88. The molecule has 0 bridgehead atoms. The molecular formula is C30H42N4O6. The van der Waals surface area contributed by atoms with Crippen molar-refractivity contribution in [3.63, 3.8) is 0 Å². The molecule has 0 radical (unpaired) electrons. The number of likely N-dealkylation sites (N-methyl/N-ethyl adjacent to an activating group) is 1. The number of hydrogen-bond donors (Lipinski definition) is 5. The monoisotopic (exact) mass is 554 g/mol. The predicted octanol–water partition coefficient (Wildman–Crippen LogP) is 1.96. The summed E-state index contributed by atoms with van der Waals surface area (Å²) in [7, 11) is 1.98. The summed E-state index contributed by atoms with van der Waals surface area (Å²) >= 11 is 0. The molecule has 2 aromatic rings. The summed E-state index contributed by atoms with van der Waals surface area (Å²) in [6, 6.07) is 12.0. The van der Waals surface area contributed by atoms with E-state index in [2.05, 4.69) is 15.5 Å². The van der Waals surface area contributed by atoms with E-state index in [4.69, 9.17) is 4.74 Å². The maximum atomic E-state index is 13.7. The molecule has 2 aliphatic heterocycles. The van der Waals surface area contributed by atoms with E-state index in [1.807, 2.05) is 33.0 Å². The van der Waals surface area contributed by atoms with E-state index >= 15 is 0 Å². The van der Waals surface area contributed by atoms with E-state index in [-0.39, 0.29) is 42.4 Å². The summed E-state index contributed by atoms with van der Waals surface area (Å²) in [5.41, 5.74) is 2.28. The lowest BCUT2D eigenvalue weighted by atomic mass is 9.96. The summed E-state index contributed by atoms with van der Waals surface area (Å²) in [6.07, 6.45) is -0.316. The van der Waals surface area contributed by atoms with E-state index in [0.29, 0.717) is 42.2 Å². The second kappa shape index (κ2) is 13.6. The van der Waals surface area contributed by atoms with Crippen LogP contribution in [-0.4, -0.2) is 88.9 Å². The standard InChI is InChI=1S/C30H42N4O6/c1-19-15-34(20(2)18-35)29(37)24-5-4-6-25(32-28(36)22-11-13-31-14-12-22)27(24)40-26(19)17-33(3)16-21-7-9-23(10-8-21)30(38)39/h4-10,19-20,22,26,30-31,35,38-39H,11-18H2,1-3H3,(H,32,36). The van der Waals surface area contributed by atoms with Crippen LogP contribution >= 0.6 is 0 Å². The first-order valence-corrected chi connectivity index (χ1v) is 14.0. The maximum absolute atomic E-state index is 13.7. The number of piperidine rings is 1. The Bertz CT molecular complexity index is 1150. The highest BCUT2D eigenvalue weighted by Crippen LogP contribution is 2.35. The van der Waals surface area contributed by atoms with Gasteiger partial charge in [-0.2, -0.15) is 0 Å². The van der Waals surface area contributed by atoms with Crippen molar-refractivity contribution in [2.45, 2.75) is 51.7 Å². The topological polar surface area (TPSA) is 135 Å². The molecule has 10 nitrogen and oxygen atoms in total. The minimum absolute atomic E-state index is 0.0753. The lowest BCUT2D eigenvalue weighted by molar-refractivity contribution is -0.120. The summed E-state index contributed by atoms with van der Waals surface area (Å²) in [5.74, 6) is -0.137. The van der Waals surface area contributed by atoms with E-state index in [0.717, 1.165) is 31.5 Å². The van der Waals surface area contributed by atoms with Gasteiger partial charge in [0.1, 0.15) is 6.10 Å². The molecule has 0 saturated carbocycles. The minimum Gasteiger partial charge on any atom is -0.486 e. The molecule has 3 unspecified atom stereocenters. The molecule has 40 heavy (non-hydrogen) atoms. The van der Waals surface area contributed by atoms with E-state index in [1.54, 1.807) is 35.2 Å². The summed E-state index contributed by atoms with van der Waals surface area (Å²) < 4.78 is 6.61. The number of aliphatic hydroxyl groups excluding tert-OH is 2. The summed E-state index contributed by atoms with van der Waals surface area (Å²) in [4.78, 5) is 30.6. The Morgan fingerprint density at radius 3 is 2.52 bits per heavy atom. The van der Waals surface area contributed by atoms with Crippen LogP contribution in [0, 0.1) is 11.8 Å². The average Bonchev–Trinajstić information content (AvgIpc) is 2.95. The zero-order valence-corrected chi connectivity index (χ0v) is 23.5.